The van der Waals surface area contributed by atoms with E-state index in [0.717, 1.165) is 55.4 Å². The van der Waals surface area contributed by atoms with E-state index in [-0.39, 0.29) is 24.2 Å². The lowest BCUT2D eigenvalue weighted by Crippen LogP contribution is -2.73. The average molecular weight is 584 g/mol. The maximum atomic E-state index is 13.5. The van der Waals surface area contributed by atoms with Gasteiger partial charge in [-0.1, -0.05) is 51.5 Å². The third-order valence-corrected chi connectivity index (χ3v) is 7.80. The molecule has 8 nitrogen and oxygen atoms in total. The van der Waals surface area contributed by atoms with E-state index < -0.39 is 17.6 Å². The molecule has 0 bridgehead atoms. The number of carbonyl (C=O) groups is 3. The Balaban J connectivity index is 0.00000462. The quantitative estimate of drug-likeness (QED) is 0.339. The summed E-state index contributed by atoms with van der Waals surface area (Å²) in [4.78, 5) is 41.8. The van der Waals surface area contributed by atoms with Crippen LogP contribution in [0.2, 0.25) is 0 Å². The van der Waals surface area contributed by atoms with Gasteiger partial charge in [0.15, 0.2) is 0 Å². The number of unbranched alkanes of at least 4 members (excludes halogenated alkanes) is 1. The summed E-state index contributed by atoms with van der Waals surface area (Å²) < 4.78 is 5.94. The lowest BCUT2D eigenvalue weighted by Gasteiger charge is -2.52. The lowest BCUT2D eigenvalue weighted by atomic mass is 9.80. The molecule has 2 saturated heterocycles. The molecule has 2 fully saturated rings. The maximum absolute atomic E-state index is 13.5. The van der Waals surface area contributed by atoms with Gasteiger partial charge in [0, 0.05) is 32.3 Å². The molecule has 0 radical (unpaired) electrons. The molecule has 0 saturated carbocycles. The van der Waals surface area contributed by atoms with E-state index >= 15 is 0 Å². The molecule has 4 rings (SSSR count). The summed E-state index contributed by atoms with van der Waals surface area (Å²) >= 11 is 0. The molecule has 2 aromatic rings. The zero-order valence-electron chi connectivity index (χ0n) is 24.2. The summed E-state index contributed by atoms with van der Waals surface area (Å²) in [5.74, 6) is 0.838. The Hall–Kier alpha value is -3.36. The van der Waals surface area contributed by atoms with Gasteiger partial charge in [-0.25, -0.2) is 4.79 Å². The van der Waals surface area contributed by atoms with Crippen LogP contribution in [0.25, 0.3) is 6.08 Å². The SMILES string of the molecule is CCCCN1C(=O)[C@H](CC(C)C)NC(=O)C12CCN(Cc1ccc(Oc3ccc(/C=C/C(=O)O)cc3)cc1)CC2.Cl. The van der Waals surface area contributed by atoms with Crippen molar-refractivity contribution >= 4 is 36.3 Å². The van der Waals surface area contributed by atoms with Crippen LogP contribution < -0.4 is 10.1 Å². The van der Waals surface area contributed by atoms with Crippen LogP contribution in [0.1, 0.15) is 64.0 Å². The molecule has 2 aliphatic heterocycles. The molecule has 2 aromatic carbocycles. The third-order valence-electron chi connectivity index (χ3n) is 7.80. The summed E-state index contributed by atoms with van der Waals surface area (Å²) in [5.41, 5.74) is 1.20. The number of piperazine rings is 1. The number of carboxylic acids is 1. The Morgan fingerprint density at radius 1 is 1.07 bits per heavy atom. The molecule has 0 aromatic heterocycles. The van der Waals surface area contributed by atoms with E-state index in [1.165, 1.54) is 6.08 Å². The fraction of sp³-hybridized carbons (Fsp3) is 0.469. The van der Waals surface area contributed by atoms with Crippen molar-refractivity contribution in [2.45, 2.75) is 71.0 Å². The predicted octanol–water partition coefficient (Wildman–Crippen LogP) is 5.51. The molecule has 41 heavy (non-hydrogen) atoms. The molecule has 1 spiro atoms. The van der Waals surface area contributed by atoms with E-state index in [0.29, 0.717) is 37.5 Å². The van der Waals surface area contributed by atoms with Gasteiger partial charge in [-0.3, -0.25) is 14.5 Å². The number of halogens is 1. The number of rotatable bonds is 11. The second kappa shape index (κ2) is 14.5. The van der Waals surface area contributed by atoms with E-state index in [1.807, 2.05) is 29.2 Å². The number of piperidine rings is 1. The third kappa shape index (κ3) is 8.11. The van der Waals surface area contributed by atoms with Crippen LogP contribution in [0.3, 0.4) is 0 Å². The van der Waals surface area contributed by atoms with Crippen LogP contribution in [0.4, 0.5) is 0 Å². The van der Waals surface area contributed by atoms with Crippen LogP contribution in [0, 0.1) is 5.92 Å². The van der Waals surface area contributed by atoms with Crippen LogP contribution in [0.5, 0.6) is 11.5 Å². The number of carbonyl (C=O) groups excluding carboxylic acids is 2. The minimum absolute atomic E-state index is 0. The summed E-state index contributed by atoms with van der Waals surface area (Å²) in [5, 5.41) is 11.8. The molecule has 1 atom stereocenters. The van der Waals surface area contributed by atoms with Crippen molar-refractivity contribution in [3.8, 4) is 11.5 Å². The van der Waals surface area contributed by atoms with E-state index in [4.69, 9.17) is 9.84 Å². The van der Waals surface area contributed by atoms with Gasteiger partial charge in [-0.05, 0) is 73.1 Å². The zero-order valence-corrected chi connectivity index (χ0v) is 25.0. The summed E-state index contributed by atoms with van der Waals surface area (Å²) in [6, 6.07) is 14.8. The van der Waals surface area contributed by atoms with Gasteiger partial charge < -0.3 is 20.1 Å². The summed E-state index contributed by atoms with van der Waals surface area (Å²) in [6.07, 6.45) is 6.48. The molecule has 2 amide bonds. The van der Waals surface area contributed by atoms with Crippen LogP contribution in [-0.2, 0) is 20.9 Å². The number of ether oxygens (including phenoxy) is 1. The highest BCUT2D eigenvalue weighted by molar-refractivity contribution is 6.00. The lowest BCUT2D eigenvalue weighted by molar-refractivity contribution is -0.161. The highest BCUT2D eigenvalue weighted by Gasteiger charge is 2.53. The Kier molecular flexibility index (Phi) is 11.4. The second-order valence-corrected chi connectivity index (χ2v) is 11.3. The fourth-order valence-corrected chi connectivity index (χ4v) is 5.60. The average Bonchev–Trinajstić information content (AvgIpc) is 2.93. The fourth-order valence-electron chi connectivity index (χ4n) is 5.60. The van der Waals surface area contributed by atoms with Crippen molar-refractivity contribution < 1.29 is 24.2 Å². The number of amides is 2. The van der Waals surface area contributed by atoms with Crippen LogP contribution in [-0.4, -0.2) is 63.9 Å². The molecule has 2 heterocycles. The minimum Gasteiger partial charge on any atom is -0.478 e. The van der Waals surface area contributed by atoms with Gasteiger partial charge in [0.25, 0.3) is 0 Å². The monoisotopic (exact) mass is 583 g/mol. The second-order valence-electron chi connectivity index (χ2n) is 11.3. The number of hydrogen-bond donors (Lipinski definition) is 2. The number of benzene rings is 2. The molecule has 0 aliphatic carbocycles. The van der Waals surface area contributed by atoms with Crippen molar-refractivity contribution in [2.75, 3.05) is 19.6 Å². The molecular weight excluding hydrogens is 542 g/mol. The number of aliphatic carboxylic acids is 1. The Morgan fingerprint density at radius 2 is 1.68 bits per heavy atom. The van der Waals surface area contributed by atoms with E-state index in [9.17, 15) is 14.4 Å². The van der Waals surface area contributed by atoms with Crippen molar-refractivity contribution in [3.63, 3.8) is 0 Å². The minimum atomic E-state index is -0.983. The van der Waals surface area contributed by atoms with Crippen LogP contribution >= 0.6 is 12.4 Å². The van der Waals surface area contributed by atoms with Crippen molar-refractivity contribution in [2.24, 2.45) is 5.92 Å². The normalized spacial score (nSPS) is 18.9. The van der Waals surface area contributed by atoms with Gasteiger partial charge in [-0.15, -0.1) is 12.4 Å². The molecule has 9 heteroatoms. The first-order valence-corrected chi connectivity index (χ1v) is 14.3. The molecule has 2 aliphatic rings. The molecule has 222 valence electrons. The number of carboxylic acid groups (broad SMARTS) is 1. The summed E-state index contributed by atoms with van der Waals surface area (Å²) in [6.45, 7) is 9.18. The number of likely N-dealkylation sites (tertiary alicyclic amines) is 1. The predicted molar refractivity (Wildman–Crippen MR) is 162 cm³/mol. The summed E-state index contributed by atoms with van der Waals surface area (Å²) in [7, 11) is 0. The first-order chi connectivity index (χ1) is 19.2. The Bertz CT molecular complexity index is 1200. The van der Waals surface area contributed by atoms with E-state index in [1.54, 1.807) is 24.3 Å². The van der Waals surface area contributed by atoms with Gasteiger partial charge in [-0.2, -0.15) is 0 Å². The zero-order chi connectivity index (χ0) is 28.7. The number of nitrogens with zero attached hydrogens (tertiary/aromatic N) is 2. The van der Waals surface area contributed by atoms with Crippen molar-refractivity contribution in [1.29, 1.82) is 0 Å². The highest BCUT2D eigenvalue weighted by atomic mass is 35.5. The highest BCUT2D eigenvalue weighted by Crippen LogP contribution is 2.35. The van der Waals surface area contributed by atoms with Gasteiger partial charge in [0.1, 0.15) is 23.1 Å². The smallest absolute Gasteiger partial charge is 0.328 e. The van der Waals surface area contributed by atoms with Crippen molar-refractivity contribution in [1.82, 2.24) is 15.1 Å². The largest absolute Gasteiger partial charge is 0.478 e. The Morgan fingerprint density at radius 3 is 2.24 bits per heavy atom. The standard InChI is InChI=1S/C32H41N3O5.ClH/c1-4-5-18-35-30(38)28(21-23(2)3)33-31(39)32(35)16-19-34(20-17-32)22-25-8-13-27(14-9-25)40-26-11-6-24(7-12-26)10-15-29(36)37;/h6-15,23,28H,4-5,16-22H2,1-3H3,(H,33,39)(H,36,37);1H/b15-10+;/t28-;/m0./s1. The number of hydrogen-bond acceptors (Lipinski definition) is 5. The van der Waals surface area contributed by atoms with Gasteiger partial charge in [0.2, 0.25) is 11.8 Å². The number of nitrogens with one attached hydrogen (secondary N) is 1. The van der Waals surface area contributed by atoms with Crippen molar-refractivity contribution in [3.05, 3.63) is 65.7 Å². The topological polar surface area (TPSA) is 99.2 Å². The first-order valence-electron chi connectivity index (χ1n) is 14.3. The van der Waals surface area contributed by atoms with E-state index in [2.05, 4.69) is 31.0 Å². The first kappa shape index (κ1) is 32.2. The molecule has 2 N–H and O–H groups in total. The van der Waals surface area contributed by atoms with Gasteiger partial charge >= 0.3 is 5.97 Å². The molecular formula is C32H42ClN3O5. The molecule has 0 unspecified atom stereocenters. The maximum Gasteiger partial charge on any atom is 0.328 e. The van der Waals surface area contributed by atoms with Crippen LogP contribution in [0.15, 0.2) is 54.6 Å². The Labute approximate surface area is 249 Å². The van der Waals surface area contributed by atoms with Gasteiger partial charge in [0.05, 0.1) is 0 Å².